The Labute approximate surface area is 158 Å². The van der Waals surface area contributed by atoms with Crippen molar-refractivity contribution in [3.63, 3.8) is 0 Å². The molecule has 3 heterocycles. The predicted octanol–water partition coefficient (Wildman–Crippen LogP) is 0.0947. The molecule has 28 heavy (non-hydrogen) atoms. The van der Waals surface area contributed by atoms with Crippen molar-refractivity contribution in [2.45, 2.75) is 24.9 Å². The number of methoxy groups -OCH3 is 1. The third-order valence-corrected chi connectivity index (χ3v) is 4.59. The van der Waals surface area contributed by atoms with E-state index in [1.165, 1.54) is 0 Å². The first-order valence-electron chi connectivity index (χ1n) is 8.64. The van der Waals surface area contributed by atoms with E-state index >= 15 is 0 Å². The Balaban J connectivity index is 1.86. The summed E-state index contributed by atoms with van der Waals surface area (Å²) in [6, 6.07) is 7.20. The Kier molecular flexibility index (Phi) is 4.63. The van der Waals surface area contributed by atoms with E-state index in [4.69, 9.17) is 15.2 Å². The van der Waals surface area contributed by atoms with Crippen molar-refractivity contribution in [1.29, 1.82) is 0 Å². The van der Waals surface area contributed by atoms with Crippen molar-refractivity contribution in [1.82, 2.24) is 19.5 Å². The van der Waals surface area contributed by atoms with Gasteiger partial charge in [-0.25, -0.2) is 4.98 Å². The number of aromatic nitrogens is 4. The SMILES string of the molecule is COc1ccccc1Nc1nc2c(=O)[nH]c(N)nc2n1[C@H]1C[C@H](O)[C@@H](CO)O1. The number of nitrogens with one attached hydrogen (secondary N) is 2. The second kappa shape index (κ2) is 7.11. The number of aliphatic hydroxyl groups is 2. The maximum atomic E-state index is 12.3. The fourth-order valence-electron chi connectivity index (χ4n) is 3.27. The first-order chi connectivity index (χ1) is 13.5. The Bertz CT molecular complexity index is 1060. The van der Waals surface area contributed by atoms with E-state index in [-0.39, 0.29) is 36.1 Å². The third kappa shape index (κ3) is 3.05. The number of ether oxygens (including phenoxy) is 2. The van der Waals surface area contributed by atoms with E-state index in [0.717, 1.165) is 0 Å². The number of nitrogen functional groups attached to an aromatic ring is 1. The molecular weight excluding hydrogens is 368 g/mol. The van der Waals surface area contributed by atoms with E-state index in [2.05, 4.69) is 20.3 Å². The molecule has 0 aliphatic carbocycles. The molecule has 1 aliphatic heterocycles. The molecule has 2 aromatic heterocycles. The highest BCUT2D eigenvalue weighted by atomic mass is 16.5. The second-order valence-corrected chi connectivity index (χ2v) is 6.37. The van der Waals surface area contributed by atoms with Gasteiger partial charge in [-0.1, -0.05) is 12.1 Å². The number of para-hydroxylation sites is 2. The van der Waals surface area contributed by atoms with Crippen molar-refractivity contribution in [3.05, 3.63) is 34.6 Å². The van der Waals surface area contributed by atoms with Gasteiger partial charge in [0.25, 0.3) is 5.56 Å². The van der Waals surface area contributed by atoms with Gasteiger partial charge in [0.2, 0.25) is 11.9 Å². The van der Waals surface area contributed by atoms with Crippen LogP contribution in [0.2, 0.25) is 0 Å². The van der Waals surface area contributed by atoms with Crippen molar-refractivity contribution in [2.24, 2.45) is 0 Å². The zero-order valence-corrected chi connectivity index (χ0v) is 15.0. The lowest BCUT2D eigenvalue weighted by atomic mass is 10.2. The molecule has 6 N–H and O–H groups in total. The zero-order valence-electron chi connectivity index (χ0n) is 15.0. The molecule has 1 aliphatic rings. The molecule has 3 aromatic rings. The average Bonchev–Trinajstić information content (AvgIpc) is 3.22. The van der Waals surface area contributed by atoms with Gasteiger partial charge >= 0.3 is 0 Å². The van der Waals surface area contributed by atoms with Gasteiger partial charge in [-0.2, -0.15) is 4.98 Å². The number of H-pyrrole nitrogens is 1. The summed E-state index contributed by atoms with van der Waals surface area (Å²) in [5.41, 5.74) is 6.09. The van der Waals surface area contributed by atoms with Gasteiger partial charge in [0.15, 0.2) is 11.2 Å². The summed E-state index contributed by atoms with van der Waals surface area (Å²) in [7, 11) is 1.54. The van der Waals surface area contributed by atoms with Crippen LogP contribution in [0.25, 0.3) is 11.2 Å². The number of fused-ring (bicyclic) bond motifs is 1. The Morgan fingerprint density at radius 1 is 1.43 bits per heavy atom. The van der Waals surface area contributed by atoms with Gasteiger partial charge in [-0.3, -0.25) is 14.3 Å². The molecule has 1 saturated heterocycles. The molecule has 0 radical (unpaired) electrons. The quantitative estimate of drug-likeness (QED) is 0.408. The van der Waals surface area contributed by atoms with Crippen molar-refractivity contribution < 1.29 is 19.7 Å². The highest BCUT2D eigenvalue weighted by molar-refractivity contribution is 5.77. The molecule has 11 nitrogen and oxygen atoms in total. The molecule has 4 rings (SSSR count). The highest BCUT2D eigenvalue weighted by Crippen LogP contribution is 2.35. The van der Waals surface area contributed by atoms with E-state index < -0.39 is 24.0 Å². The van der Waals surface area contributed by atoms with Gasteiger partial charge in [0.05, 0.1) is 25.5 Å². The summed E-state index contributed by atoms with van der Waals surface area (Å²) in [4.78, 5) is 23.3. The molecule has 1 fully saturated rings. The number of aromatic amines is 1. The minimum atomic E-state index is -0.870. The Hall–Kier alpha value is -3.15. The van der Waals surface area contributed by atoms with Crippen LogP contribution in [0.15, 0.2) is 29.1 Å². The van der Waals surface area contributed by atoms with Crippen LogP contribution in [-0.4, -0.2) is 55.7 Å². The lowest BCUT2D eigenvalue weighted by molar-refractivity contribution is -0.0425. The molecule has 0 unspecified atom stereocenters. The molecule has 0 spiro atoms. The van der Waals surface area contributed by atoms with Crippen LogP contribution in [0.5, 0.6) is 5.75 Å². The van der Waals surface area contributed by atoms with Crippen LogP contribution in [-0.2, 0) is 4.74 Å². The monoisotopic (exact) mass is 388 g/mol. The largest absolute Gasteiger partial charge is 0.495 e. The number of benzene rings is 1. The molecule has 11 heteroatoms. The smallest absolute Gasteiger partial charge is 0.280 e. The van der Waals surface area contributed by atoms with Crippen LogP contribution < -0.4 is 21.3 Å². The molecular formula is C17H20N6O5. The molecule has 0 amide bonds. The third-order valence-electron chi connectivity index (χ3n) is 4.59. The number of nitrogens with zero attached hydrogens (tertiary/aromatic N) is 3. The fourth-order valence-corrected chi connectivity index (χ4v) is 3.27. The van der Waals surface area contributed by atoms with Crippen molar-refractivity contribution >= 4 is 28.7 Å². The summed E-state index contributed by atoms with van der Waals surface area (Å²) in [5, 5.41) is 22.6. The van der Waals surface area contributed by atoms with E-state index in [9.17, 15) is 15.0 Å². The number of rotatable bonds is 5. The topological polar surface area (TPSA) is 161 Å². The average molecular weight is 388 g/mol. The number of hydrogen-bond donors (Lipinski definition) is 5. The number of nitrogens with two attached hydrogens (primary N) is 1. The first kappa shape index (κ1) is 18.2. The van der Waals surface area contributed by atoms with Crippen molar-refractivity contribution in [2.75, 3.05) is 24.8 Å². The molecule has 0 saturated carbocycles. The maximum absolute atomic E-state index is 12.3. The van der Waals surface area contributed by atoms with Gasteiger partial charge < -0.3 is 30.7 Å². The van der Waals surface area contributed by atoms with E-state index in [1.54, 1.807) is 23.8 Å². The predicted molar refractivity (Wildman–Crippen MR) is 100 cm³/mol. The highest BCUT2D eigenvalue weighted by Gasteiger charge is 2.37. The van der Waals surface area contributed by atoms with Crippen molar-refractivity contribution in [3.8, 4) is 5.75 Å². The number of anilines is 3. The van der Waals surface area contributed by atoms with Gasteiger partial charge in [-0.05, 0) is 12.1 Å². The number of imidazole rings is 1. The fraction of sp³-hybridized carbons (Fsp3) is 0.353. The van der Waals surface area contributed by atoms with Crippen LogP contribution in [0.4, 0.5) is 17.6 Å². The van der Waals surface area contributed by atoms with E-state index in [1.807, 2.05) is 12.1 Å². The van der Waals surface area contributed by atoms with Gasteiger partial charge in [0, 0.05) is 6.42 Å². The van der Waals surface area contributed by atoms with Crippen LogP contribution >= 0.6 is 0 Å². The summed E-state index contributed by atoms with van der Waals surface area (Å²) in [6.07, 6.45) is -2.14. The minimum Gasteiger partial charge on any atom is -0.495 e. The molecule has 0 bridgehead atoms. The zero-order chi connectivity index (χ0) is 19.8. The first-order valence-corrected chi connectivity index (χ1v) is 8.64. The van der Waals surface area contributed by atoms with Gasteiger partial charge in [-0.15, -0.1) is 0 Å². The number of hydrogen-bond acceptors (Lipinski definition) is 9. The minimum absolute atomic E-state index is 0.0668. The standard InChI is InChI=1S/C17H20N6O5/c1-27-10-5-3-2-4-8(10)19-17-20-13-14(21-16(18)22-15(13)26)23(17)12-6-9(25)11(7-24)28-12/h2-5,9,11-12,24-25H,6-7H2,1H3,(H,19,20)(H3,18,21,22,26)/t9-,11+,12+/m0/s1. The van der Waals surface area contributed by atoms with Crippen LogP contribution in [0.3, 0.4) is 0 Å². The lowest BCUT2D eigenvalue weighted by Crippen LogP contribution is -2.24. The molecule has 1 aromatic carbocycles. The Morgan fingerprint density at radius 3 is 2.93 bits per heavy atom. The van der Waals surface area contributed by atoms with Crippen LogP contribution in [0.1, 0.15) is 12.6 Å². The summed E-state index contributed by atoms with van der Waals surface area (Å²) >= 11 is 0. The summed E-state index contributed by atoms with van der Waals surface area (Å²) in [6.45, 7) is -0.338. The maximum Gasteiger partial charge on any atom is 0.280 e. The summed E-state index contributed by atoms with van der Waals surface area (Å²) in [5.74, 6) is 0.765. The molecule has 148 valence electrons. The van der Waals surface area contributed by atoms with E-state index in [0.29, 0.717) is 11.4 Å². The Morgan fingerprint density at radius 2 is 2.21 bits per heavy atom. The summed E-state index contributed by atoms with van der Waals surface area (Å²) < 4.78 is 12.6. The normalized spacial score (nSPS) is 21.9. The number of aliphatic hydroxyl groups excluding tert-OH is 2. The second-order valence-electron chi connectivity index (χ2n) is 6.37. The van der Waals surface area contributed by atoms with Crippen LogP contribution in [0, 0.1) is 0 Å². The lowest BCUT2D eigenvalue weighted by Gasteiger charge is -2.18. The van der Waals surface area contributed by atoms with Gasteiger partial charge in [0.1, 0.15) is 18.1 Å². The molecule has 3 atom stereocenters.